The molecule has 2 aromatic rings. The van der Waals surface area contributed by atoms with Crippen LogP contribution in [0.15, 0.2) is 48.8 Å². The topological polar surface area (TPSA) is 25.8 Å². The third-order valence-electron chi connectivity index (χ3n) is 2.33. The van der Waals surface area contributed by atoms with E-state index >= 15 is 0 Å². The van der Waals surface area contributed by atoms with E-state index in [2.05, 4.69) is 34.2 Å². The number of benzene rings is 1. The highest BCUT2D eigenvalue weighted by molar-refractivity contribution is 5.14. The van der Waals surface area contributed by atoms with Gasteiger partial charge in [-0.05, 0) is 24.5 Å². The van der Waals surface area contributed by atoms with Gasteiger partial charge in [-0.3, -0.25) is 0 Å². The molecule has 1 aromatic carbocycles. The van der Waals surface area contributed by atoms with Gasteiger partial charge in [-0.15, -0.1) is 0 Å². The summed E-state index contributed by atoms with van der Waals surface area (Å²) in [7, 11) is 0. The van der Waals surface area contributed by atoms with Gasteiger partial charge >= 0.3 is 0 Å². The molecule has 0 aliphatic rings. The van der Waals surface area contributed by atoms with Crippen molar-refractivity contribution >= 4 is 0 Å². The molecule has 0 bridgehead atoms. The van der Waals surface area contributed by atoms with Crippen LogP contribution in [-0.4, -0.2) is 9.97 Å². The van der Waals surface area contributed by atoms with Crippen molar-refractivity contribution in [3.8, 4) is 0 Å². The van der Waals surface area contributed by atoms with Crippen LogP contribution >= 0.6 is 0 Å². The van der Waals surface area contributed by atoms with Gasteiger partial charge in [0.05, 0.1) is 0 Å². The summed E-state index contributed by atoms with van der Waals surface area (Å²) >= 11 is 0. The summed E-state index contributed by atoms with van der Waals surface area (Å²) < 4.78 is 0. The molecule has 0 saturated heterocycles. The van der Waals surface area contributed by atoms with E-state index in [1.165, 1.54) is 5.56 Å². The molecule has 0 N–H and O–H groups in total. The van der Waals surface area contributed by atoms with Crippen molar-refractivity contribution in [3.05, 3.63) is 60.2 Å². The Bertz CT molecular complexity index is 344. The zero-order valence-electron chi connectivity index (χ0n) is 8.63. The number of nitrogens with zero attached hydrogens (tertiary/aromatic N) is 2. The maximum Gasteiger partial charge on any atom is 0.128 e. The van der Waals surface area contributed by atoms with Gasteiger partial charge < -0.3 is 0 Å². The van der Waals surface area contributed by atoms with E-state index < -0.39 is 0 Å². The quantitative estimate of drug-likeness (QED) is 0.754. The van der Waals surface area contributed by atoms with Gasteiger partial charge in [0.25, 0.3) is 0 Å². The van der Waals surface area contributed by atoms with E-state index in [9.17, 15) is 0 Å². The van der Waals surface area contributed by atoms with Crippen molar-refractivity contribution in [2.75, 3.05) is 0 Å². The van der Waals surface area contributed by atoms with Gasteiger partial charge in [-0.1, -0.05) is 30.3 Å². The molecule has 2 heteroatoms. The van der Waals surface area contributed by atoms with Gasteiger partial charge in [-0.25, -0.2) is 9.97 Å². The van der Waals surface area contributed by atoms with E-state index in [0.29, 0.717) is 0 Å². The molecule has 0 aliphatic carbocycles. The molecule has 76 valence electrons. The number of hydrogen-bond donors (Lipinski definition) is 0. The normalized spacial score (nSPS) is 10.1. The average Bonchev–Trinajstić information content (AvgIpc) is 2.32. The minimum atomic E-state index is 0.938. The summed E-state index contributed by atoms with van der Waals surface area (Å²) in [4.78, 5) is 8.40. The van der Waals surface area contributed by atoms with Crippen LogP contribution in [0.5, 0.6) is 0 Å². The number of hydrogen-bond acceptors (Lipinski definition) is 2. The zero-order valence-corrected chi connectivity index (χ0v) is 8.63. The first kappa shape index (κ1) is 9.84. The summed E-state index contributed by atoms with van der Waals surface area (Å²) in [5.74, 6) is 0.938. The molecule has 0 spiro atoms. The van der Waals surface area contributed by atoms with Crippen molar-refractivity contribution in [3.63, 3.8) is 0 Å². The largest absolute Gasteiger partial charge is 0.241 e. The monoisotopic (exact) mass is 198 g/mol. The van der Waals surface area contributed by atoms with Crippen LogP contribution < -0.4 is 0 Å². The highest BCUT2D eigenvalue weighted by Crippen LogP contribution is 2.04. The van der Waals surface area contributed by atoms with Crippen LogP contribution in [0.4, 0.5) is 0 Å². The molecule has 0 unspecified atom stereocenters. The number of rotatable bonds is 4. The van der Waals surface area contributed by atoms with Crippen LogP contribution in [-0.2, 0) is 12.8 Å². The molecular formula is C13H14N2. The predicted octanol–water partition coefficient (Wildman–Crippen LogP) is 2.65. The average molecular weight is 198 g/mol. The predicted molar refractivity (Wildman–Crippen MR) is 60.5 cm³/mol. The van der Waals surface area contributed by atoms with Crippen LogP contribution in [0.1, 0.15) is 17.8 Å². The third-order valence-corrected chi connectivity index (χ3v) is 2.33. The first-order chi connectivity index (χ1) is 7.45. The van der Waals surface area contributed by atoms with Gasteiger partial charge in [-0.2, -0.15) is 0 Å². The van der Waals surface area contributed by atoms with Crippen molar-refractivity contribution in [2.24, 2.45) is 0 Å². The second kappa shape index (κ2) is 5.25. The fourth-order valence-electron chi connectivity index (χ4n) is 1.55. The molecule has 1 heterocycles. The lowest BCUT2D eigenvalue weighted by Gasteiger charge is -2.00. The van der Waals surface area contributed by atoms with Crippen LogP contribution in [0, 0.1) is 0 Å². The molecule has 1 aromatic heterocycles. The Hall–Kier alpha value is -1.70. The second-order valence-electron chi connectivity index (χ2n) is 3.50. The Labute approximate surface area is 90.0 Å². The minimum Gasteiger partial charge on any atom is -0.241 e. The lowest BCUT2D eigenvalue weighted by molar-refractivity contribution is 0.770. The summed E-state index contributed by atoms with van der Waals surface area (Å²) in [6, 6.07) is 12.4. The van der Waals surface area contributed by atoms with E-state index in [4.69, 9.17) is 0 Å². The molecule has 2 rings (SSSR count). The summed E-state index contributed by atoms with van der Waals surface area (Å²) in [5.41, 5.74) is 1.38. The first-order valence-electron chi connectivity index (χ1n) is 5.25. The zero-order chi connectivity index (χ0) is 10.3. The fourth-order valence-corrected chi connectivity index (χ4v) is 1.55. The molecule has 0 saturated carbocycles. The lowest BCUT2D eigenvalue weighted by atomic mass is 10.1. The Morgan fingerprint density at radius 2 is 1.53 bits per heavy atom. The molecule has 0 aliphatic heterocycles. The van der Waals surface area contributed by atoms with Gasteiger partial charge in [0.2, 0.25) is 0 Å². The Morgan fingerprint density at radius 1 is 0.800 bits per heavy atom. The minimum absolute atomic E-state index is 0.938. The van der Waals surface area contributed by atoms with E-state index in [-0.39, 0.29) is 0 Å². The SMILES string of the molecule is c1ccc(CCCc2ncccn2)cc1. The molecule has 2 nitrogen and oxygen atoms in total. The molecule has 15 heavy (non-hydrogen) atoms. The van der Waals surface area contributed by atoms with E-state index in [1.807, 2.05) is 12.1 Å². The molecule has 0 fully saturated rings. The first-order valence-corrected chi connectivity index (χ1v) is 5.25. The smallest absolute Gasteiger partial charge is 0.128 e. The van der Waals surface area contributed by atoms with Gasteiger partial charge in [0.15, 0.2) is 0 Å². The summed E-state index contributed by atoms with van der Waals surface area (Å²) in [6.07, 6.45) is 6.75. The number of aromatic nitrogens is 2. The number of aryl methyl sites for hydroxylation is 2. The lowest BCUT2D eigenvalue weighted by Crippen LogP contribution is -1.95. The molecule has 0 amide bonds. The van der Waals surface area contributed by atoms with Gasteiger partial charge in [0, 0.05) is 18.8 Å². The van der Waals surface area contributed by atoms with Crippen molar-refractivity contribution in [1.82, 2.24) is 9.97 Å². The highest BCUT2D eigenvalue weighted by atomic mass is 14.8. The Balaban J connectivity index is 1.81. The molecule has 0 radical (unpaired) electrons. The Morgan fingerprint density at radius 3 is 2.27 bits per heavy atom. The highest BCUT2D eigenvalue weighted by Gasteiger charge is 1.95. The summed E-state index contributed by atoms with van der Waals surface area (Å²) in [5, 5.41) is 0. The maximum absolute atomic E-state index is 4.20. The van der Waals surface area contributed by atoms with E-state index in [0.717, 1.165) is 25.1 Å². The van der Waals surface area contributed by atoms with Crippen molar-refractivity contribution in [2.45, 2.75) is 19.3 Å². The standard InChI is InChI=1S/C13H14N2/c1-2-6-12(7-3-1)8-4-9-13-14-10-5-11-15-13/h1-3,5-7,10-11H,4,8-9H2. The van der Waals surface area contributed by atoms with Crippen LogP contribution in [0.25, 0.3) is 0 Å². The second-order valence-corrected chi connectivity index (χ2v) is 3.50. The fraction of sp³-hybridized carbons (Fsp3) is 0.231. The van der Waals surface area contributed by atoms with Crippen LogP contribution in [0.2, 0.25) is 0 Å². The van der Waals surface area contributed by atoms with Crippen molar-refractivity contribution < 1.29 is 0 Å². The Kier molecular flexibility index (Phi) is 3.44. The molecule has 0 atom stereocenters. The summed E-state index contributed by atoms with van der Waals surface area (Å²) in [6.45, 7) is 0. The van der Waals surface area contributed by atoms with Crippen molar-refractivity contribution in [1.29, 1.82) is 0 Å². The van der Waals surface area contributed by atoms with Gasteiger partial charge in [0.1, 0.15) is 5.82 Å². The maximum atomic E-state index is 4.20. The third kappa shape index (κ3) is 3.17. The van der Waals surface area contributed by atoms with E-state index in [1.54, 1.807) is 12.4 Å². The molecular weight excluding hydrogens is 184 g/mol. The van der Waals surface area contributed by atoms with Crippen LogP contribution in [0.3, 0.4) is 0 Å².